The summed E-state index contributed by atoms with van der Waals surface area (Å²) in [5, 5.41) is 20.5. The number of carbonyl (C=O) groups excluding carboxylic acids is 3. The molecule has 234 valence electrons. The second kappa shape index (κ2) is 14.1. The Labute approximate surface area is 263 Å². The van der Waals surface area contributed by atoms with Crippen LogP contribution in [0, 0.1) is 5.92 Å². The van der Waals surface area contributed by atoms with E-state index < -0.39 is 18.2 Å². The first-order valence-corrected chi connectivity index (χ1v) is 15.0. The van der Waals surface area contributed by atoms with E-state index in [2.05, 4.69) is 16.0 Å². The number of ether oxygens (including phenoxy) is 1. The van der Waals surface area contributed by atoms with Gasteiger partial charge >= 0.3 is 12.1 Å². The summed E-state index contributed by atoms with van der Waals surface area (Å²) in [6.07, 6.45) is -0.460. The van der Waals surface area contributed by atoms with Crippen LogP contribution in [0.5, 0.6) is 5.75 Å². The molecule has 1 heterocycles. The minimum absolute atomic E-state index is 0.0202. The fraction of sp³-hybridized carbons (Fsp3) is 0.286. The number of nitrogens with one attached hydrogen (secondary N) is 3. The Morgan fingerprint density at radius 3 is 2.44 bits per heavy atom. The van der Waals surface area contributed by atoms with E-state index in [0.29, 0.717) is 34.9 Å². The van der Waals surface area contributed by atoms with Gasteiger partial charge in [0.05, 0.1) is 31.3 Å². The third-order valence-corrected chi connectivity index (χ3v) is 8.04. The first-order valence-electron chi connectivity index (χ1n) is 15.0. The molecule has 0 saturated carbocycles. The zero-order chi connectivity index (χ0) is 31.9. The van der Waals surface area contributed by atoms with Crippen LogP contribution in [0.4, 0.5) is 26.7 Å². The maximum Gasteiger partial charge on any atom is 0.323 e. The maximum absolute atomic E-state index is 13.5. The van der Waals surface area contributed by atoms with E-state index in [9.17, 15) is 19.5 Å². The number of aliphatic hydroxyl groups is 1. The zero-order valence-corrected chi connectivity index (χ0v) is 25.7. The predicted molar refractivity (Wildman–Crippen MR) is 177 cm³/mol. The van der Waals surface area contributed by atoms with Crippen molar-refractivity contribution >= 4 is 45.8 Å². The number of anilines is 3. The quantitative estimate of drug-likeness (QED) is 0.211. The second-order valence-electron chi connectivity index (χ2n) is 11.5. The lowest BCUT2D eigenvalue weighted by atomic mass is 10.0. The average Bonchev–Trinajstić information content (AvgIpc) is 3.08. The summed E-state index contributed by atoms with van der Waals surface area (Å²) >= 11 is 0. The third kappa shape index (κ3) is 7.71. The monoisotopic (exact) mass is 609 g/mol. The second-order valence-corrected chi connectivity index (χ2v) is 11.5. The first-order chi connectivity index (χ1) is 21.7. The largest absolute Gasteiger partial charge is 0.488 e. The van der Waals surface area contributed by atoms with Gasteiger partial charge in [-0.15, -0.1) is 0 Å². The van der Waals surface area contributed by atoms with Crippen molar-refractivity contribution in [1.29, 1.82) is 0 Å². The van der Waals surface area contributed by atoms with Crippen LogP contribution >= 0.6 is 0 Å². The van der Waals surface area contributed by atoms with Crippen LogP contribution in [-0.2, 0) is 11.2 Å². The molecule has 0 aromatic heterocycles. The summed E-state index contributed by atoms with van der Waals surface area (Å²) in [5.41, 5.74) is 2.45. The minimum Gasteiger partial charge on any atom is -0.488 e. The van der Waals surface area contributed by atoms with Crippen molar-refractivity contribution < 1.29 is 24.2 Å². The van der Waals surface area contributed by atoms with Gasteiger partial charge in [-0.05, 0) is 48.7 Å². The fourth-order valence-corrected chi connectivity index (χ4v) is 5.44. The van der Waals surface area contributed by atoms with E-state index >= 15 is 0 Å². The number of urea groups is 2. The van der Waals surface area contributed by atoms with E-state index in [1.807, 2.05) is 67.6 Å². The van der Waals surface area contributed by atoms with E-state index in [4.69, 9.17) is 4.74 Å². The molecule has 4 aromatic rings. The van der Waals surface area contributed by atoms with Gasteiger partial charge in [0.25, 0.3) is 0 Å². The number of hydrogen-bond donors (Lipinski definition) is 4. The number of para-hydroxylation sites is 1. The van der Waals surface area contributed by atoms with Crippen molar-refractivity contribution in [3.63, 3.8) is 0 Å². The molecule has 1 aliphatic rings. The molecule has 3 atom stereocenters. The molecule has 4 aromatic carbocycles. The summed E-state index contributed by atoms with van der Waals surface area (Å²) in [6.45, 7) is 4.16. The van der Waals surface area contributed by atoms with Gasteiger partial charge in [-0.1, -0.05) is 61.5 Å². The Balaban J connectivity index is 1.36. The topological polar surface area (TPSA) is 123 Å². The van der Waals surface area contributed by atoms with E-state index in [1.54, 1.807) is 54.1 Å². The molecule has 0 unspecified atom stereocenters. The van der Waals surface area contributed by atoms with Gasteiger partial charge < -0.3 is 35.6 Å². The number of hydrogen-bond acceptors (Lipinski definition) is 5. The van der Waals surface area contributed by atoms with Gasteiger partial charge in [-0.3, -0.25) is 4.79 Å². The van der Waals surface area contributed by atoms with Crippen molar-refractivity contribution in [1.82, 2.24) is 9.80 Å². The van der Waals surface area contributed by atoms with Gasteiger partial charge in [-0.2, -0.15) is 0 Å². The van der Waals surface area contributed by atoms with Crippen LogP contribution in [0.25, 0.3) is 10.8 Å². The smallest absolute Gasteiger partial charge is 0.323 e. The molecule has 0 spiro atoms. The number of carbonyl (C=O) groups is 3. The Morgan fingerprint density at radius 2 is 1.67 bits per heavy atom. The van der Waals surface area contributed by atoms with Crippen LogP contribution in [0.2, 0.25) is 0 Å². The average molecular weight is 610 g/mol. The Morgan fingerprint density at radius 1 is 0.956 bits per heavy atom. The normalized spacial score (nSPS) is 17.2. The number of fused-ring (bicyclic) bond motifs is 2. The molecule has 10 nitrogen and oxygen atoms in total. The van der Waals surface area contributed by atoms with Gasteiger partial charge in [-0.25, -0.2) is 9.59 Å². The molecule has 0 bridgehead atoms. The summed E-state index contributed by atoms with van der Waals surface area (Å²) in [4.78, 5) is 42.8. The van der Waals surface area contributed by atoms with E-state index in [1.165, 1.54) is 0 Å². The summed E-state index contributed by atoms with van der Waals surface area (Å²) in [5.74, 6) is 0.147. The molecule has 45 heavy (non-hydrogen) atoms. The fourth-order valence-electron chi connectivity index (χ4n) is 5.44. The highest BCUT2D eigenvalue weighted by Crippen LogP contribution is 2.30. The minimum atomic E-state index is -0.480. The van der Waals surface area contributed by atoms with Crippen molar-refractivity contribution in [2.75, 3.05) is 42.7 Å². The standard InChI is InChI=1S/C35H39N5O5/c1-23-20-40(24(2)22-41)33(42)19-26-18-28(37-34(43)36-27-12-5-4-6-13-27)16-17-31(26)45-32(23)21-39(3)35(44)38-30-15-9-11-25-10-7-8-14-29(25)30/h4-18,23-24,32,41H,19-22H2,1-3H3,(H,38,44)(H2,36,37,43)/t23-,24-,32-/m1/s1. The molecule has 0 aliphatic carbocycles. The number of likely N-dealkylation sites (N-methyl/N-ethyl adjacent to an activating group) is 1. The molecule has 0 saturated heterocycles. The lowest BCUT2D eigenvalue weighted by Gasteiger charge is -2.34. The molecule has 4 N–H and O–H groups in total. The van der Waals surface area contributed by atoms with Crippen molar-refractivity contribution in [3.05, 3.63) is 96.6 Å². The van der Waals surface area contributed by atoms with Crippen LogP contribution in [0.1, 0.15) is 19.4 Å². The van der Waals surface area contributed by atoms with Gasteiger partial charge in [0.1, 0.15) is 11.9 Å². The molecule has 0 radical (unpaired) electrons. The van der Waals surface area contributed by atoms with Gasteiger partial charge in [0.15, 0.2) is 0 Å². The van der Waals surface area contributed by atoms with Crippen molar-refractivity contribution in [2.45, 2.75) is 32.4 Å². The number of rotatable bonds is 7. The van der Waals surface area contributed by atoms with Crippen LogP contribution in [0.15, 0.2) is 91.0 Å². The Kier molecular flexibility index (Phi) is 9.84. The van der Waals surface area contributed by atoms with Crippen molar-refractivity contribution in [3.8, 4) is 5.75 Å². The molecular formula is C35H39N5O5. The number of nitrogens with zero attached hydrogens (tertiary/aromatic N) is 2. The van der Waals surface area contributed by atoms with E-state index in [-0.39, 0.29) is 37.4 Å². The summed E-state index contributed by atoms with van der Waals surface area (Å²) in [6, 6.07) is 26.8. The Bertz CT molecular complexity index is 1660. The lowest BCUT2D eigenvalue weighted by Crippen LogP contribution is -2.48. The van der Waals surface area contributed by atoms with Crippen LogP contribution in [0.3, 0.4) is 0 Å². The van der Waals surface area contributed by atoms with E-state index in [0.717, 1.165) is 10.8 Å². The third-order valence-electron chi connectivity index (χ3n) is 8.04. The number of amides is 5. The predicted octanol–water partition coefficient (Wildman–Crippen LogP) is 5.80. The highest BCUT2D eigenvalue weighted by atomic mass is 16.5. The lowest BCUT2D eigenvalue weighted by molar-refractivity contribution is -0.134. The van der Waals surface area contributed by atoms with Crippen LogP contribution in [-0.4, -0.2) is 71.8 Å². The zero-order valence-electron chi connectivity index (χ0n) is 25.7. The molecule has 5 amide bonds. The van der Waals surface area contributed by atoms with Crippen LogP contribution < -0.4 is 20.7 Å². The number of aliphatic hydroxyl groups excluding tert-OH is 1. The highest BCUT2D eigenvalue weighted by molar-refractivity contribution is 6.01. The SMILES string of the molecule is C[C@@H]1CN([C@H](C)CO)C(=O)Cc2cc(NC(=O)Nc3ccccc3)ccc2O[C@@H]1CN(C)C(=O)Nc1cccc2ccccc12. The maximum atomic E-state index is 13.5. The summed E-state index contributed by atoms with van der Waals surface area (Å²) < 4.78 is 6.54. The van der Waals surface area contributed by atoms with Gasteiger partial charge in [0.2, 0.25) is 5.91 Å². The highest BCUT2D eigenvalue weighted by Gasteiger charge is 2.32. The molecule has 0 fully saturated rings. The number of benzene rings is 4. The van der Waals surface area contributed by atoms with Crippen molar-refractivity contribution in [2.24, 2.45) is 5.92 Å². The Hall–Kier alpha value is -5.09. The molecule has 1 aliphatic heterocycles. The molecular weight excluding hydrogens is 570 g/mol. The van der Waals surface area contributed by atoms with Gasteiger partial charge in [0, 0.05) is 41.8 Å². The molecule has 5 rings (SSSR count). The first kappa shape index (κ1) is 31.3. The summed E-state index contributed by atoms with van der Waals surface area (Å²) in [7, 11) is 1.71. The molecule has 10 heteroatoms.